The van der Waals surface area contributed by atoms with Gasteiger partial charge in [-0.3, -0.25) is 14.5 Å². The van der Waals surface area contributed by atoms with Gasteiger partial charge in [0, 0.05) is 24.9 Å². The molecular weight excluding hydrogens is 352 g/mol. The molecule has 1 amide bonds. The number of hydrogen-bond acceptors (Lipinski definition) is 4. The summed E-state index contributed by atoms with van der Waals surface area (Å²) in [4.78, 5) is 27.2. The minimum Gasteiger partial charge on any atom is -0.468 e. The topological polar surface area (TPSA) is 62.6 Å². The van der Waals surface area contributed by atoms with Crippen LogP contribution in [0, 0.1) is 6.92 Å². The maximum absolute atomic E-state index is 12.4. The molecule has 0 radical (unpaired) electrons. The summed E-state index contributed by atoms with van der Waals surface area (Å²) in [6.07, 6.45) is 6.99. The molecule has 0 spiro atoms. The van der Waals surface area contributed by atoms with Crippen LogP contribution in [0.15, 0.2) is 47.1 Å². The van der Waals surface area contributed by atoms with E-state index in [2.05, 4.69) is 10.2 Å². The van der Waals surface area contributed by atoms with Gasteiger partial charge in [-0.25, -0.2) is 0 Å². The minimum atomic E-state index is -0.0895. The number of carbonyl (C=O) groups is 2. The SMILES string of the molecule is Cc1ccccc1C(=O)CCC(=O)NCC(c1ccco1)N1CCCCCC1. The van der Waals surface area contributed by atoms with E-state index in [-0.39, 0.29) is 30.6 Å². The van der Waals surface area contributed by atoms with Crippen LogP contribution in [-0.2, 0) is 4.79 Å². The molecule has 1 aliphatic rings. The molecular formula is C23H30N2O3. The van der Waals surface area contributed by atoms with E-state index >= 15 is 0 Å². The number of ketones is 1. The van der Waals surface area contributed by atoms with Crippen molar-refractivity contribution in [2.24, 2.45) is 0 Å². The van der Waals surface area contributed by atoms with E-state index in [1.807, 2.05) is 43.3 Å². The molecule has 1 atom stereocenters. The largest absolute Gasteiger partial charge is 0.468 e. The first kappa shape index (κ1) is 20.3. The van der Waals surface area contributed by atoms with Crippen LogP contribution < -0.4 is 5.32 Å². The van der Waals surface area contributed by atoms with Gasteiger partial charge in [0.1, 0.15) is 5.76 Å². The predicted octanol–water partition coefficient (Wildman–Crippen LogP) is 4.28. The van der Waals surface area contributed by atoms with E-state index in [1.165, 1.54) is 25.7 Å². The Kier molecular flexibility index (Phi) is 7.43. The van der Waals surface area contributed by atoms with E-state index in [0.29, 0.717) is 12.1 Å². The predicted molar refractivity (Wildman–Crippen MR) is 109 cm³/mol. The van der Waals surface area contributed by atoms with Crippen molar-refractivity contribution < 1.29 is 14.0 Å². The van der Waals surface area contributed by atoms with Crippen LogP contribution in [0.1, 0.15) is 66.2 Å². The van der Waals surface area contributed by atoms with Crippen molar-refractivity contribution in [3.05, 3.63) is 59.5 Å². The zero-order valence-corrected chi connectivity index (χ0v) is 16.7. The summed E-state index contributed by atoms with van der Waals surface area (Å²) in [5.41, 5.74) is 1.65. The Morgan fingerprint density at radius 2 is 1.79 bits per heavy atom. The van der Waals surface area contributed by atoms with Crippen LogP contribution >= 0.6 is 0 Å². The second kappa shape index (κ2) is 10.2. The summed E-state index contributed by atoms with van der Waals surface area (Å²) in [6, 6.07) is 11.4. The highest BCUT2D eigenvalue weighted by molar-refractivity contribution is 5.99. The lowest BCUT2D eigenvalue weighted by Gasteiger charge is -2.29. The molecule has 0 bridgehead atoms. The Labute approximate surface area is 167 Å². The third kappa shape index (κ3) is 5.55. The molecule has 2 aromatic rings. The van der Waals surface area contributed by atoms with Crippen molar-refractivity contribution in [2.45, 2.75) is 51.5 Å². The lowest BCUT2D eigenvalue weighted by atomic mass is 10.0. The van der Waals surface area contributed by atoms with Crippen molar-refractivity contribution in [1.29, 1.82) is 0 Å². The number of benzene rings is 1. The van der Waals surface area contributed by atoms with Crippen LogP contribution in [0.3, 0.4) is 0 Å². The van der Waals surface area contributed by atoms with E-state index in [1.54, 1.807) is 6.26 Å². The average molecular weight is 383 g/mol. The molecule has 1 saturated heterocycles. The lowest BCUT2D eigenvalue weighted by molar-refractivity contribution is -0.121. The number of aryl methyl sites for hydroxylation is 1. The molecule has 1 aromatic heterocycles. The van der Waals surface area contributed by atoms with Crippen molar-refractivity contribution >= 4 is 11.7 Å². The van der Waals surface area contributed by atoms with Crippen molar-refractivity contribution in [2.75, 3.05) is 19.6 Å². The van der Waals surface area contributed by atoms with E-state index in [9.17, 15) is 9.59 Å². The fourth-order valence-corrected chi connectivity index (χ4v) is 3.84. The summed E-state index contributed by atoms with van der Waals surface area (Å²) >= 11 is 0. The van der Waals surface area contributed by atoms with E-state index in [0.717, 1.165) is 24.4 Å². The Hall–Kier alpha value is -2.40. The molecule has 2 heterocycles. The monoisotopic (exact) mass is 382 g/mol. The first-order valence-electron chi connectivity index (χ1n) is 10.3. The Morgan fingerprint density at radius 1 is 1.04 bits per heavy atom. The number of furan rings is 1. The Balaban J connectivity index is 1.53. The first-order valence-corrected chi connectivity index (χ1v) is 10.3. The molecule has 5 heteroatoms. The van der Waals surface area contributed by atoms with Crippen molar-refractivity contribution in [3.63, 3.8) is 0 Å². The molecule has 1 fully saturated rings. The molecule has 3 rings (SSSR count). The average Bonchev–Trinajstić information content (AvgIpc) is 3.09. The minimum absolute atomic E-state index is 0.0170. The zero-order chi connectivity index (χ0) is 19.8. The van der Waals surface area contributed by atoms with Gasteiger partial charge in [-0.15, -0.1) is 0 Å². The van der Waals surface area contributed by atoms with E-state index < -0.39 is 0 Å². The molecule has 1 aromatic carbocycles. The number of carbonyl (C=O) groups excluding carboxylic acids is 2. The van der Waals surface area contributed by atoms with Crippen LogP contribution in [-0.4, -0.2) is 36.2 Å². The quantitative estimate of drug-likeness (QED) is 0.692. The van der Waals surface area contributed by atoms with Gasteiger partial charge < -0.3 is 9.73 Å². The maximum Gasteiger partial charge on any atom is 0.220 e. The molecule has 28 heavy (non-hydrogen) atoms. The van der Waals surface area contributed by atoms with Gasteiger partial charge in [0.05, 0.1) is 12.3 Å². The van der Waals surface area contributed by atoms with Crippen LogP contribution in [0.4, 0.5) is 0 Å². The summed E-state index contributed by atoms with van der Waals surface area (Å²) in [5, 5.41) is 3.02. The number of amides is 1. The Morgan fingerprint density at radius 3 is 2.46 bits per heavy atom. The number of Topliss-reactive ketones (excluding diaryl/α,β-unsaturated/α-hetero) is 1. The van der Waals surface area contributed by atoms with Gasteiger partial charge >= 0.3 is 0 Å². The van der Waals surface area contributed by atoms with Gasteiger partial charge in [0.25, 0.3) is 0 Å². The highest BCUT2D eigenvalue weighted by Crippen LogP contribution is 2.24. The first-order chi connectivity index (χ1) is 13.6. The normalized spacial score (nSPS) is 16.3. The Bertz CT molecular complexity index is 762. The fraction of sp³-hybridized carbons (Fsp3) is 0.478. The van der Waals surface area contributed by atoms with Gasteiger partial charge in [0.2, 0.25) is 5.91 Å². The summed E-state index contributed by atoms with van der Waals surface area (Å²) < 4.78 is 5.64. The molecule has 1 N–H and O–H groups in total. The van der Waals surface area contributed by atoms with Crippen LogP contribution in [0.25, 0.3) is 0 Å². The van der Waals surface area contributed by atoms with Gasteiger partial charge in [-0.05, 0) is 50.6 Å². The van der Waals surface area contributed by atoms with Gasteiger partial charge in [0.15, 0.2) is 5.78 Å². The summed E-state index contributed by atoms with van der Waals surface area (Å²) in [5.74, 6) is 0.815. The zero-order valence-electron chi connectivity index (χ0n) is 16.7. The molecule has 5 nitrogen and oxygen atoms in total. The molecule has 150 valence electrons. The second-order valence-electron chi connectivity index (χ2n) is 7.52. The lowest BCUT2D eigenvalue weighted by Crippen LogP contribution is -2.38. The highest BCUT2D eigenvalue weighted by Gasteiger charge is 2.24. The maximum atomic E-state index is 12.4. The third-order valence-corrected chi connectivity index (χ3v) is 5.47. The fourth-order valence-electron chi connectivity index (χ4n) is 3.84. The van der Waals surface area contributed by atoms with Gasteiger partial charge in [-0.2, -0.15) is 0 Å². The van der Waals surface area contributed by atoms with Crippen LogP contribution in [0.5, 0.6) is 0 Å². The standard InChI is InChI=1S/C23H30N2O3/c1-18-9-4-5-10-19(18)21(26)12-13-23(27)24-17-20(22-11-8-16-28-22)25-14-6-2-3-7-15-25/h4-5,8-11,16,20H,2-3,6-7,12-15,17H2,1H3,(H,24,27). The van der Waals surface area contributed by atoms with Crippen LogP contribution in [0.2, 0.25) is 0 Å². The third-order valence-electron chi connectivity index (χ3n) is 5.47. The number of hydrogen-bond donors (Lipinski definition) is 1. The number of nitrogens with one attached hydrogen (secondary N) is 1. The van der Waals surface area contributed by atoms with Crippen molar-refractivity contribution in [1.82, 2.24) is 10.2 Å². The second-order valence-corrected chi connectivity index (χ2v) is 7.52. The summed E-state index contributed by atoms with van der Waals surface area (Å²) in [7, 11) is 0. The molecule has 0 aliphatic carbocycles. The number of nitrogens with zero attached hydrogens (tertiary/aromatic N) is 1. The number of likely N-dealkylation sites (tertiary alicyclic amines) is 1. The number of rotatable bonds is 8. The summed E-state index contributed by atoms with van der Waals surface area (Å²) in [6.45, 7) is 4.47. The highest BCUT2D eigenvalue weighted by atomic mass is 16.3. The van der Waals surface area contributed by atoms with E-state index in [4.69, 9.17) is 4.42 Å². The van der Waals surface area contributed by atoms with Gasteiger partial charge in [-0.1, -0.05) is 37.1 Å². The molecule has 1 aliphatic heterocycles. The molecule has 0 saturated carbocycles. The van der Waals surface area contributed by atoms with Crippen molar-refractivity contribution in [3.8, 4) is 0 Å². The smallest absolute Gasteiger partial charge is 0.220 e. The molecule has 1 unspecified atom stereocenters.